The van der Waals surface area contributed by atoms with Gasteiger partial charge >= 0.3 is 0 Å². The van der Waals surface area contributed by atoms with Crippen LogP contribution in [-0.4, -0.2) is 23.7 Å². The van der Waals surface area contributed by atoms with Crippen molar-refractivity contribution in [2.45, 2.75) is 25.9 Å². The minimum Gasteiger partial charge on any atom is -0.393 e. The van der Waals surface area contributed by atoms with E-state index < -0.39 is 6.10 Å². The van der Waals surface area contributed by atoms with Crippen molar-refractivity contribution in [2.75, 3.05) is 6.54 Å². The summed E-state index contributed by atoms with van der Waals surface area (Å²) >= 11 is 0. The number of aliphatic hydroxyl groups excluding tert-OH is 1. The smallest absolute Gasteiger partial charge is 0.223 e. The normalized spacial score (nSPS) is 12.6. The van der Waals surface area contributed by atoms with E-state index in [0.717, 1.165) is 5.56 Å². The summed E-state index contributed by atoms with van der Waals surface area (Å²) in [5.74, 6) is -0.401. The lowest BCUT2D eigenvalue weighted by molar-refractivity contribution is -0.120. The van der Waals surface area contributed by atoms with Crippen LogP contribution in [0.2, 0.25) is 0 Å². The molecule has 18 heavy (non-hydrogen) atoms. The summed E-state index contributed by atoms with van der Waals surface area (Å²) in [5.41, 5.74) is 0.729. The molecule has 0 saturated heterocycles. The fraction of sp³-hybridized carbons (Fsp3) is 0.357. The minimum absolute atomic E-state index is 0.108. The van der Waals surface area contributed by atoms with Gasteiger partial charge in [0.2, 0.25) is 5.91 Å². The highest BCUT2D eigenvalue weighted by molar-refractivity contribution is 5.78. The van der Waals surface area contributed by atoms with Crippen LogP contribution in [0, 0.1) is 5.82 Å². The molecule has 1 aromatic carbocycles. The van der Waals surface area contributed by atoms with Crippen LogP contribution >= 0.6 is 0 Å². The van der Waals surface area contributed by atoms with Crippen LogP contribution in [0.5, 0.6) is 0 Å². The second-order valence-corrected chi connectivity index (χ2v) is 4.15. The Kier molecular flexibility index (Phi) is 6.08. The highest BCUT2D eigenvalue weighted by Gasteiger charge is 1.99. The molecule has 1 atom stereocenters. The van der Waals surface area contributed by atoms with E-state index in [0.29, 0.717) is 13.0 Å². The van der Waals surface area contributed by atoms with E-state index in [-0.39, 0.29) is 18.1 Å². The van der Waals surface area contributed by atoms with Gasteiger partial charge in [-0.25, -0.2) is 4.39 Å². The molecule has 0 radical (unpaired) electrons. The van der Waals surface area contributed by atoms with Crippen LogP contribution in [0.3, 0.4) is 0 Å². The van der Waals surface area contributed by atoms with E-state index in [1.807, 2.05) is 0 Å². The lowest BCUT2D eigenvalue weighted by Gasteiger charge is -2.04. The first-order valence-electron chi connectivity index (χ1n) is 5.95. The van der Waals surface area contributed by atoms with Crippen molar-refractivity contribution in [3.05, 3.63) is 41.7 Å². The Bertz CT molecular complexity index is 416. The van der Waals surface area contributed by atoms with Gasteiger partial charge in [0.05, 0.1) is 6.10 Å². The Labute approximate surface area is 106 Å². The summed E-state index contributed by atoms with van der Waals surface area (Å²) in [4.78, 5) is 11.4. The molecule has 1 aromatic rings. The molecule has 0 saturated carbocycles. The van der Waals surface area contributed by atoms with Crippen LogP contribution in [0.15, 0.2) is 30.3 Å². The zero-order chi connectivity index (χ0) is 13.4. The number of carbonyl (C=O) groups excluding carboxylic acids is 1. The Morgan fingerprint density at radius 1 is 1.56 bits per heavy atom. The molecule has 4 heteroatoms. The summed E-state index contributed by atoms with van der Waals surface area (Å²) in [5, 5.41) is 11.7. The molecule has 0 aromatic heterocycles. The van der Waals surface area contributed by atoms with Crippen molar-refractivity contribution in [2.24, 2.45) is 0 Å². The number of rotatable bonds is 6. The van der Waals surface area contributed by atoms with Crippen LogP contribution in [0.4, 0.5) is 4.39 Å². The molecule has 0 aliphatic carbocycles. The van der Waals surface area contributed by atoms with E-state index in [1.54, 1.807) is 31.2 Å². The average molecular weight is 251 g/mol. The van der Waals surface area contributed by atoms with Crippen molar-refractivity contribution in [1.29, 1.82) is 0 Å². The molecule has 3 nitrogen and oxygen atoms in total. The van der Waals surface area contributed by atoms with E-state index in [2.05, 4.69) is 5.32 Å². The molecule has 2 N–H and O–H groups in total. The SMILES string of the molecule is CC(O)CCNC(=O)CC=Cc1cccc(F)c1. The second kappa shape index (κ2) is 7.61. The van der Waals surface area contributed by atoms with Gasteiger partial charge in [-0.3, -0.25) is 4.79 Å². The van der Waals surface area contributed by atoms with Crippen molar-refractivity contribution in [3.63, 3.8) is 0 Å². The second-order valence-electron chi connectivity index (χ2n) is 4.15. The monoisotopic (exact) mass is 251 g/mol. The number of carbonyl (C=O) groups is 1. The first-order valence-corrected chi connectivity index (χ1v) is 5.95. The maximum Gasteiger partial charge on any atom is 0.223 e. The van der Waals surface area contributed by atoms with Crippen molar-refractivity contribution in [1.82, 2.24) is 5.32 Å². The number of amides is 1. The van der Waals surface area contributed by atoms with Gasteiger partial charge in [0.1, 0.15) is 5.82 Å². The summed E-state index contributed by atoms with van der Waals surface area (Å²) in [6.07, 6.45) is 3.77. The number of hydrogen-bond acceptors (Lipinski definition) is 2. The van der Waals surface area contributed by atoms with Crippen molar-refractivity contribution < 1.29 is 14.3 Å². The third-order valence-corrected chi connectivity index (χ3v) is 2.35. The Morgan fingerprint density at radius 2 is 2.33 bits per heavy atom. The zero-order valence-electron chi connectivity index (χ0n) is 10.4. The molecule has 0 bridgehead atoms. The molecule has 0 fully saturated rings. The highest BCUT2D eigenvalue weighted by Crippen LogP contribution is 2.05. The van der Waals surface area contributed by atoms with Crippen LogP contribution in [0.1, 0.15) is 25.3 Å². The van der Waals surface area contributed by atoms with Gasteiger partial charge in [-0.1, -0.05) is 24.3 Å². The zero-order valence-corrected chi connectivity index (χ0v) is 10.4. The van der Waals surface area contributed by atoms with Gasteiger partial charge in [0.15, 0.2) is 0 Å². The van der Waals surface area contributed by atoms with Gasteiger partial charge in [-0.15, -0.1) is 0 Å². The van der Waals surface area contributed by atoms with Crippen molar-refractivity contribution in [3.8, 4) is 0 Å². The maximum absolute atomic E-state index is 12.9. The molecule has 0 heterocycles. The largest absolute Gasteiger partial charge is 0.393 e. The molecular formula is C14H18FNO2. The summed E-state index contributed by atoms with van der Waals surface area (Å²) < 4.78 is 12.9. The number of nitrogens with one attached hydrogen (secondary N) is 1. The van der Waals surface area contributed by atoms with E-state index >= 15 is 0 Å². The molecule has 0 aliphatic rings. The number of hydrogen-bond donors (Lipinski definition) is 2. The lowest BCUT2D eigenvalue weighted by Crippen LogP contribution is -2.25. The predicted molar refractivity (Wildman–Crippen MR) is 69.4 cm³/mol. The van der Waals surface area contributed by atoms with Gasteiger partial charge in [-0.05, 0) is 31.0 Å². The van der Waals surface area contributed by atoms with Gasteiger partial charge in [-0.2, -0.15) is 0 Å². The summed E-state index contributed by atoms with van der Waals surface area (Å²) in [7, 11) is 0. The molecule has 1 rings (SSSR count). The molecule has 1 unspecified atom stereocenters. The van der Waals surface area contributed by atoms with Gasteiger partial charge < -0.3 is 10.4 Å². The third-order valence-electron chi connectivity index (χ3n) is 2.35. The number of halogens is 1. The first kappa shape index (κ1) is 14.4. The molecule has 98 valence electrons. The van der Waals surface area contributed by atoms with Crippen LogP contribution < -0.4 is 5.32 Å². The standard InChI is InChI=1S/C14H18FNO2/c1-11(17)8-9-16-14(18)7-3-5-12-4-2-6-13(15)10-12/h2-6,10-11,17H,7-9H2,1H3,(H,16,18). The maximum atomic E-state index is 12.9. The van der Waals surface area contributed by atoms with E-state index in [1.165, 1.54) is 12.1 Å². The fourth-order valence-electron chi connectivity index (χ4n) is 1.40. The highest BCUT2D eigenvalue weighted by atomic mass is 19.1. The molecule has 0 aliphatic heterocycles. The molecular weight excluding hydrogens is 233 g/mol. The Hall–Kier alpha value is -1.68. The fourth-order valence-corrected chi connectivity index (χ4v) is 1.40. The van der Waals surface area contributed by atoms with Crippen LogP contribution in [0.25, 0.3) is 6.08 Å². The molecule has 1 amide bonds. The Morgan fingerprint density at radius 3 is 3.00 bits per heavy atom. The quantitative estimate of drug-likeness (QED) is 0.813. The summed E-state index contributed by atoms with van der Waals surface area (Å²) in [6.45, 7) is 2.14. The minimum atomic E-state index is -0.409. The van der Waals surface area contributed by atoms with Crippen LogP contribution in [-0.2, 0) is 4.79 Å². The van der Waals surface area contributed by atoms with Gasteiger partial charge in [0.25, 0.3) is 0 Å². The average Bonchev–Trinajstić information content (AvgIpc) is 2.28. The number of aliphatic hydroxyl groups is 1. The predicted octanol–water partition coefficient (Wildman–Crippen LogP) is 2.12. The summed E-state index contributed by atoms with van der Waals surface area (Å²) in [6, 6.07) is 6.17. The van der Waals surface area contributed by atoms with E-state index in [4.69, 9.17) is 5.11 Å². The van der Waals surface area contributed by atoms with Gasteiger partial charge in [0, 0.05) is 13.0 Å². The molecule has 0 spiro atoms. The van der Waals surface area contributed by atoms with Crippen molar-refractivity contribution >= 4 is 12.0 Å². The third kappa shape index (κ3) is 6.15. The topological polar surface area (TPSA) is 49.3 Å². The van der Waals surface area contributed by atoms with E-state index in [9.17, 15) is 9.18 Å². The Balaban J connectivity index is 2.29. The lowest BCUT2D eigenvalue weighted by atomic mass is 10.2. The number of benzene rings is 1. The first-order chi connectivity index (χ1) is 8.58.